The first-order valence-corrected chi connectivity index (χ1v) is 6.90. The SMILES string of the molecule is Nc1ccc([N+](=O)[O-])cc1C(=O)NCC1CCCCC1. The lowest BCUT2D eigenvalue weighted by molar-refractivity contribution is -0.384. The molecule has 108 valence electrons. The maximum Gasteiger partial charge on any atom is 0.270 e. The average Bonchev–Trinajstić information content (AvgIpc) is 2.46. The molecule has 0 aromatic heterocycles. The first-order valence-electron chi connectivity index (χ1n) is 6.90. The summed E-state index contributed by atoms with van der Waals surface area (Å²) in [7, 11) is 0. The molecule has 0 bridgehead atoms. The van der Waals surface area contributed by atoms with Gasteiger partial charge in [-0.15, -0.1) is 0 Å². The van der Waals surface area contributed by atoms with Crippen molar-refractivity contribution in [1.82, 2.24) is 5.32 Å². The Morgan fingerprint density at radius 1 is 1.35 bits per heavy atom. The first-order chi connectivity index (χ1) is 9.58. The number of hydrogen-bond donors (Lipinski definition) is 2. The summed E-state index contributed by atoms with van der Waals surface area (Å²) >= 11 is 0. The van der Waals surface area contributed by atoms with Crippen molar-refractivity contribution in [3.8, 4) is 0 Å². The van der Waals surface area contributed by atoms with Gasteiger partial charge in [0.25, 0.3) is 11.6 Å². The number of anilines is 1. The zero-order chi connectivity index (χ0) is 14.5. The largest absolute Gasteiger partial charge is 0.398 e. The molecule has 1 aliphatic rings. The maximum absolute atomic E-state index is 12.1. The second-order valence-corrected chi connectivity index (χ2v) is 5.24. The summed E-state index contributed by atoms with van der Waals surface area (Å²) in [4.78, 5) is 22.3. The Morgan fingerprint density at radius 2 is 2.05 bits per heavy atom. The number of benzene rings is 1. The fourth-order valence-corrected chi connectivity index (χ4v) is 2.58. The van der Waals surface area contributed by atoms with Crippen LogP contribution in [0.25, 0.3) is 0 Å². The number of amides is 1. The number of nitro benzene ring substituents is 1. The van der Waals surface area contributed by atoms with E-state index in [9.17, 15) is 14.9 Å². The molecule has 1 fully saturated rings. The van der Waals surface area contributed by atoms with Crippen molar-refractivity contribution >= 4 is 17.3 Å². The molecule has 0 spiro atoms. The number of nitrogens with two attached hydrogens (primary N) is 1. The lowest BCUT2D eigenvalue weighted by atomic mass is 9.89. The van der Waals surface area contributed by atoms with Crippen LogP contribution >= 0.6 is 0 Å². The van der Waals surface area contributed by atoms with Gasteiger partial charge in [-0.1, -0.05) is 19.3 Å². The fourth-order valence-electron chi connectivity index (χ4n) is 2.58. The standard InChI is InChI=1S/C14H19N3O3/c15-13-7-6-11(17(19)20)8-12(13)14(18)16-9-10-4-2-1-3-5-10/h6-8,10H,1-5,9,15H2,(H,16,18). The molecular weight excluding hydrogens is 258 g/mol. The highest BCUT2D eigenvalue weighted by Gasteiger charge is 2.18. The van der Waals surface area contributed by atoms with E-state index in [0.717, 1.165) is 12.8 Å². The Balaban J connectivity index is 2.00. The molecular formula is C14H19N3O3. The van der Waals surface area contributed by atoms with E-state index in [1.807, 2.05) is 0 Å². The Hall–Kier alpha value is -2.11. The molecule has 6 nitrogen and oxygen atoms in total. The van der Waals surface area contributed by atoms with Gasteiger partial charge in [-0.05, 0) is 24.8 Å². The lowest BCUT2D eigenvalue weighted by Crippen LogP contribution is -2.30. The molecule has 1 aromatic rings. The summed E-state index contributed by atoms with van der Waals surface area (Å²) in [5.41, 5.74) is 6.03. The molecule has 20 heavy (non-hydrogen) atoms. The van der Waals surface area contributed by atoms with Gasteiger partial charge in [-0.3, -0.25) is 14.9 Å². The highest BCUT2D eigenvalue weighted by molar-refractivity contribution is 5.99. The third-order valence-corrected chi connectivity index (χ3v) is 3.77. The van der Waals surface area contributed by atoms with Gasteiger partial charge in [0.05, 0.1) is 10.5 Å². The lowest BCUT2D eigenvalue weighted by Gasteiger charge is -2.21. The number of rotatable bonds is 4. The summed E-state index contributed by atoms with van der Waals surface area (Å²) < 4.78 is 0. The number of carbonyl (C=O) groups is 1. The highest BCUT2D eigenvalue weighted by atomic mass is 16.6. The van der Waals surface area contributed by atoms with Crippen molar-refractivity contribution in [2.45, 2.75) is 32.1 Å². The molecule has 1 aliphatic carbocycles. The van der Waals surface area contributed by atoms with Gasteiger partial charge >= 0.3 is 0 Å². The number of carbonyl (C=O) groups excluding carboxylic acids is 1. The molecule has 0 atom stereocenters. The Kier molecular flexibility index (Phi) is 4.55. The van der Waals surface area contributed by atoms with E-state index < -0.39 is 4.92 Å². The fraction of sp³-hybridized carbons (Fsp3) is 0.500. The summed E-state index contributed by atoms with van der Waals surface area (Å²) in [5, 5.41) is 13.6. The molecule has 0 heterocycles. The minimum absolute atomic E-state index is 0.123. The van der Waals surface area contributed by atoms with Gasteiger partial charge in [-0.2, -0.15) is 0 Å². The summed E-state index contributed by atoms with van der Waals surface area (Å²) in [5.74, 6) is 0.171. The molecule has 0 radical (unpaired) electrons. The molecule has 1 amide bonds. The van der Waals surface area contributed by atoms with Crippen LogP contribution in [0.15, 0.2) is 18.2 Å². The summed E-state index contributed by atoms with van der Waals surface area (Å²) in [6.07, 6.45) is 5.94. The van der Waals surface area contributed by atoms with Crippen molar-refractivity contribution in [2.75, 3.05) is 12.3 Å². The van der Waals surface area contributed by atoms with Gasteiger partial charge < -0.3 is 11.1 Å². The number of nitrogens with one attached hydrogen (secondary N) is 1. The van der Waals surface area contributed by atoms with Crippen LogP contribution in [0.4, 0.5) is 11.4 Å². The van der Waals surface area contributed by atoms with E-state index in [1.165, 1.54) is 37.5 Å². The van der Waals surface area contributed by atoms with Crippen LogP contribution in [0.3, 0.4) is 0 Å². The molecule has 3 N–H and O–H groups in total. The monoisotopic (exact) mass is 277 g/mol. The maximum atomic E-state index is 12.1. The van der Waals surface area contributed by atoms with Crippen molar-refractivity contribution < 1.29 is 9.72 Å². The smallest absolute Gasteiger partial charge is 0.270 e. The van der Waals surface area contributed by atoms with E-state index in [-0.39, 0.29) is 22.8 Å². The molecule has 2 rings (SSSR count). The van der Waals surface area contributed by atoms with Gasteiger partial charge in [0.15, 0.2) is 0 Å². The zero-order valence-electron chi connectivity index (χ0n) is 11.3. The minimum atomic E-state index is -0.530. The van der Waals surface area contributed by atoms with Gasteiger partial charge in [0.1, 0.15) is 0 Å². The Morgan fingerprint density at radius 3 is 2.70 bits per heavy atom. The van der Waals surface area contributed by atoms with Crippen LogP contribution in [0.5, 0.6) is 0 Å². The third-order valence-electron chi connectivity index (χ3n) is 3.77. The molecule has 0 unspecified atom stereocenters. The van der Waals surface area contributed by atoms with Crippen molar-refractivity contribution in [3.63, 3.8) is 0 Å². The first kappa shape index (κ1) is 14.3. The zero-order valence-corrected chi connectivity index (χ0v) is 11.3. The number of nitrogens with zero attached hydrogens (tertiary/aromatic N) is 1. The van der Waals surface area contributed by atoms with E-state index >= 15 is 0 Å². The predicted octanol–water partition coefficient (Wildman–Crippen LogP) is 2.49. The Labute approximate surface area is 117 Å². The molecule has 1 saturated carbocycles. The second-order valence-electron chi connectivity index (χ2n) is 5.24. The van der Waals surface area contributed by atoms with E-state index in [2.05, 4.69) is 5.32 Å². The second kappa shape index (κ2) is 6.36. The molecule has 1 aromatic carbocycles. The third kappa shape index (κ3) is 3.46. The topological polar surface area (TPSA) is 98.3 Å². The van der Waals surface area contributed by atoms with E-state index in [1.54, 1.807) is 0 Å². The van der Waals surface area contributed by atoms with E-state index in [4.69, 9.17) is 5.73 Å². The van der Waals surface area contributed by atoms with Crippen LogP contribution in [0, 0.1) is 16.0 Å². The minimum Gasteiger partial charge on any atom is -0.398 e. The van der Waals surface area contributed by atoms with Crippen LogP contribution in [-0.4, -0.2) is 17.4 Å². The Bertz CT molecular complexity index is 510. The predicted molar refractivity (Wildman–Crippen MR) is 76.4 cm³/mol. The van der Waals surface area contributed by atoms with Gasteiger partial charge in [-0.25, -0.2) is 0 Å². The van der Waals surface area contributed by atoms with Crippen molar-refractivity contribution in [3.05, 3.63) is 33.9 Å². The van der Waals surface area contributed by atoms with Crippen LogP contribution in [0.2, 0.25) is 0 Å². The number of non-ortho nitro benzene ring substituents is 1. The summed E-state index contributed by atoms with van der Waals surface area (Å²) in [6.45, 7) is 0.612. The van der Waals surface area contributed by atoms with Crippen LogP contribution in [-0.2, 0) is 0 Å². The molecule has 6 heteroatoms. The van der Waals surface area contributed by atoms with Gasteiger partial charge in [0, 0.05) is 24.4 Å². The van der Waals surface area contributed by atoms with Crippen molar-refractivity contribution in [1.29, 1.82) is 0 Å². The molecule has 0 aliphatic heterocycles. The number of hydrogen-bond acceptors (Lipinski definition) is 4. The number of nitrogen functional groups attached to an aromatic ring is 1. The van der Waals surface area contributed by atoms with Crippen LogP contribution < -0.4 is 11.1 Å². The molecule has 0 saturated heterocycles. The van der Waals surface area contributed by atoms with Crippen LogP contribution in [0.1, 0.15) is 42.5 Å². The number of nitro groups is 1. The van der Waals surface area contributed by atoms with Gasteiger partial charge in [0.2, 0.25) is 0 Å². The average molecular weight is 277 g/mol. The summed E-state index contributed by atoms with van der Waals surface area (Å²) in [6, 6.07) is 3.92. The quantitative estimate of drug-likeness (QED) is 0.501. The van der Waals surface area contributed by atoms with Crippen molar-refractivity contribution in [2.24, 2.45) is 5.92 Å². The van der Waals surface area contributed by atoms with E-state index in [0.29, 0.717) is 12.5 Å². The normalized spacial score (nSPS) is 15.8. The highest BCUT2D eigenvalue weighted by Crippen LogP contribution is 2.23.